The lowest BCUT2D eigenvalue weighted by atomic mass is 10.1. The summed E-state index contributed by atoms with van der Waals surface area (Å²) in [5.74, 6) is 1.50. The van der Waals surface area contributed by atoms with Crippen LogP contribution in [0.5, 0.6) is 11.5 Å². The molecule has 0 bridgehead atoms. The van der Waals surface area contributed by atoms with Gasteiger partial charge < -0.3 is 9.84 Å². The molecule has 3 heteroatoms. The standard InChI is InChI=1S/C15H15NO2/c17-10-13-9-16-7-6-15(13)18-14-5-4-11-2-1-3-12(11)8-14/h4-9,17H,1-3,10H2. The third kappa shape index (κ3) is 2.09. The van der Waals surface area contributed by atoms with E-state index in [1.165, 1.54) is 24.0 Å². The summed E-state index contributed by atoms with van der Waals surface area (Å²) in [6, 6.07) is 8.01. The van der Waals surface area contributed by atoms with Crippen LogP contribution in [0.25, 0.3) is 0 Å². The Morgan fingerprint density at radius 2 is 2.06 bits per heavy atom. The number of ether oxygens (including phenoxy) is 1. The second kappa shape index (κ2) is 4.78. The number of fused-ring (bicyclic) bond motifs is 1. The van der Waals surface area contributed by atoms with E-state index in [0.717, 1.165) is 12.2 Å². The van der Waals surface area contributed by atoms with Crippen molar-refractivity contribution in [3.05, 3.63) is 53.3 Å². The summed E-state index contributed by atoms with van der Waals surface area (Å²) in [5, 5.41) is 9.23. The van der Waals surface area contributed by atoms with Crippen molar-refractivity contribution < 1.29 is 9.84 Å². The molecule has 92 valence electrons. The normalized spacial score (nSPS) is 13.4. The second-order valence-electron chi connectivity index (χ2n) is 4.53. The fourth-order valence-corrected chi connectivity index (χ4v) is 2.37. The molecule has 1 aromatic carbocycles. The molecule has 0 amide bonds. The van der Waals surface area contributed by atoms with Crippen LogP contribution >= 0.6 is 0 Å². The average Bonchev–Trinajstić information content (AvgIpc) is 2.87. The number of benzene rings is 1. The molecule has 1 N–H and O–H groups in total. The average molecular weight is 241 g/mol. The minimum Gasteiger partial charge on any atom is -0.457 e. The van der Waals surface area contributed by atoms with E-state index in [9.17, 15) is 5.11 Å². The Morgan fingerprint density at radius 3 is 2.94 bits per heavy atom. The van der Waals surface area contributed by atoms with Crippen LogP contribution in [0.2, 0.25) is 0 Å². The van der Waals surface area contributed by atoms with Gasteiger partial charge in [-0.25, -0.2) is 0 Å². The minimum absolute atomic E-state index is 0.0614. The van der Waals surface area contributed by atoms with Gasteiger partial charge in [0.25, 0.3) is 0 Å². The predicted molar refractivity (Wildman–Crippen MR) is 68.7 cm³/mol. The van der Waals surface area contributed by atoms with Gasteiger partial charge in [0.2, 0.25) is 0 Å². The van der Waals surface area contributed by atoms with Crippen LogP contribution in [0.15, 0.2) is 36.7 Å². The Balaban J connectivity index is 1.88. The first kappa shape index (κ1) is 11.2. The van der Waals surface area contributed by atoms with E-state index in [1.54, 1.807) is 18.5 Å². The van der Waals surface area contributed by atoms with Gasteiger partial charge in [0.1, 0.15) is 11.5 Å². The Bertz CT molecular complexity index is 566. The lowest BCUT2D eigenvalue weighted by Crippen LogP contribution is -1.93. The number of aliphatic hydroxyl groups is 1. The minimum atomic E-state index is -0.0614. The smallest absolute Gasteiger partial charge is 0.136 e. The molecule has 0 aliphatic heterocycles. The molecule has 2 aromatic rings. The zero-order chi connectivity index (χ0) is 12.4. The van der Waals surface area contributed by atoms with E-state index in [2.05, 4.69) is 17.1 Å². The molecule has 0 saturated heterocycles. The van der Waals surface area contributed by atoms with Gasteiger partial charge in [-0.1, -0.05) is 6.07 Å². The lowest BCUT2D eigenvalue weighted by molar-refractivity contribution is 0.276. The maximum atomic E-state index is 9.23. The van der Waals surface area contributed by atoms with Gasteiger partial charge in [0, 0.05) is 18.0 Å². The molecule has 0 radical (unpaired) electrons. The molecule has 1 heterocycles. The van der Waals surface area contributed by atoms with E-state index >= 15 is 0 Å². The SMILES string of the molecule is OCc1cnccc1Oc1ccc2c(c1)CCC2. The Morgan fingerprint density at radius 1 is 1.17 bits per heavy atom. The highest BCUT2D eigenvalue weighted by Gasteiger charge is 2.12. The van der Waals surface area contributed by atoms with Gasteiger partial charge in [0.15, 0.2) is 0 Å². The maximum absolute atomic E-state index is 9.23. The number of aryl methyl sites for hydroxylation is 2. The summed E-state index contributed by atoms with van der Waals surface area (Å²) >= 11 is 0. The third-order valence-electron chi connectivity index (χ3n) is 3.33. The van der Waals surface area contributed by atoms with Crippen LogP contribution in [0.1, 0.15) is 23.1 Å². The van der Waals surface area contributed by atoms with Gasteiger partial charge in [-0.3, -0.25) is 4.98 Å². The number of hydrogen-bond donors (Lipinski definition) is 1. The summed E-state index contributed by atoms with van der Waals surface area (Å²) in [6.45, 7) is -0.0614. The van der Waals surface area contributed by atoms with Crippen molar-refractivity contribution in [3.8, 4) is 11.5 Å². The summed E-state index contributed by atoms with van der Waals surface area (Å²) in [6.07, 6.45) is 6.84. The molecule has 0 unspecified atom stereocenters. The number of nitrogens with zero attached hydrogens (tertiary/aromatic N) is 1. The molecular formula is C15H15NO2. The fraction of sp³-hybridized carbons (Fsp3) is 0.267. The van der Waals surface area contributed by atoms with Gasteiger partial charge in [-0.05, 0) is 48.6 Å². The highest BCUT2D eigenvalue weighted by atomic mass is 16.5. The highest BCUT2D eigenvalue weighted by Crippen LogP contribution is 2.30. The summed E-state index contributed by atoms with van der Waals surface area (Å²) in [5.41, 5.74) is 3.52. The van der Waals surface area contributed by atoms with Crippen LogP contribution < -0.4 is 4.74 Å². The van der Waals surface area contributed by atoms with Crippen molar-refractivity contribution in [2.24, 2.45) is 0 Å². The zero-order valence-electron chi connectivity index (χ0n) is 10.1. The van der Waals surface area contributed by atoms with Gasteiger partial charge in [0.05, 0.1) is 6.61 Å². The van der Waals surface area contributed by atoms with E-state index in [4.69, 9.17) is 4.74 Å². The van der Waals surface area contributed by atoms with Crippen LogP contribution in [0.4, 0.5) is 0 Å². The highest BCUT2D eigenvalue weighted by molar-refractivity contribution is 5.41. The Kier molecular flexibility index (Phi) is 2.99. The van der Waals surface area contributed by atoms with E-state index < -0.39 is 0 Å². The van der Waals surface area contributed by atoms with Crippen molar-refractivity contribution >= 4 is 0 Å². The first-order chi connectivity index (χ1) is 8.86. The number of rotatable bonds is 3. The number of aromatic nitrogens is 1. The van der Waals surface area contributed by atoms with Crippen molar-refractivity contribution in [1.82, 2.24) is 4.98 Å². The molecule has 0 spiro atoms. The van der Waals surface area contributed by atoms with Crippen LogP contribution in [-0.4, -0.2) is 10.1 Å². The summed E-state index contributed by atoms with van der Waals surface area (Å²) in [4.78, 5) is 3.98. The Hall–Kier alpha value is -1.87. The lowest BCUT2D eigenvalue weighted by Gasteiger charge is -2.10. The molecular weight excluding hydrogens is 226 g/mol. The third-order valence-corrected chi connectivity index (χ3v) is 3.33. The number of pyridine rings is 1. The van der Waals surface area contributed by atoms with Crippen LogP contribution in [-0.2, 0) is 19.4 Å². The van der Waals surface area contributed by atoms with Crippen LogP contribution in [0, 0.1) is 0 Å². The monoisotopic (exact) mass is 241 g/mol. The zero-order valence-corrected chi connectivity index (χ0v) is 10.1. The molecule has 3 rings (SSSR count). The largest absolute Gasteiger partial charge is 0.457 e. The van der Waals surface area contributed by atoms with Crippen molar-refractivity contribution in [1.29, 1.82) is 0 Å². The van der Waals surface area contributed by atoms with Crippen molar-refractivity contribution in [2.75, 3.05) is 0 Å². The van der Waals surface area contributed by atoms with Gasteiger partial charge in [-0.2, -0.15) is 0 Å². The van der Waals surface area contributed by atoms with E-state index in [-0.39, 0.29) is 6.61 Å². The first-order valence-corrected chi connectivity index (χ1v) is 6.20. The quantitative estimate of drug-likeness (QED) is 0.898. The van der Waals surface area contributed by atoms with E-state index in [0.29, 0.717) is 11.3 Å². The second-order valence-corrected chi connectivity index (χ2v) is 4.53. The number of aliphatic hydroxyl groups excluding tert-OH is 1. The molecule has 1 aliphatic carbocycles. The molecule has 1 aromatic heterocycles. The topological polar surface area (TPSA) is 42.4 Å². The number of hydrogen-bond acceptors (Lipinski definition) is 3. The van der Waals surface area contributed by atoms with Crippen molar-refractivity contribution in [3.63, 3.8) is 0 Å². The fourth-order valence-electron chi connectivity index (χ4n) is 2.37. The van der Waals surface area contributed by atoms with Gasteiger partial charge in [-0.15, -0.1) is 0 Å². The molecule has 3 nitrogen and oxygen atoms in total. The molecule has 0 saturated carbocycles. The Labute approximate surface area is 106 Å². The predicted octanol–water partition coefficient (Wildman–Crippen LogP) is 2.85. The maximum Gasteiger partial charge on any atom is 0.136 e. The molecule has 18 heavy (non-hydrogen) atoms. The van der Waals surface area contributed by atoms with Crippen LogP contribution in [0.3, 0.4) is 0 Å². The molecule has 0 fully saturated rings. The summed E-state index contributed by atoms with van der Waals surface area (Å²) in [7, 11) is 0. The van der Waals surface area contributed by atoms with Crippen molar-refractivity contribution in [2.45, 2.75) is 25.9 Å². The molecule has 1 aliphatic rings. The first-order valence-electron chi connectivity index (χ1n) is 6.20. The summed E-state index contributed by atoms with van der Waals surface area (Å²) < 4.78 is 5.83. The van der Waals surface area contributed by atoms with Gasteiger partial charge >= 0.3 is 0 Å². The molecule has 0 atom stereocenters. The van der Waals surface area contributed by atoms with E-state index in [1.807, 2.05) is 6.07 Å².